The van der Waals surface area contributed by atoms with Crippen LogP contribution in [-0.4, -0.2) is 17.0 Å². The second kappa shape index (κ2) is 5.89. The lowest BCUT2D eigenvalue weighted by atomic mass is 10.0. The zero-order valence-corrected chi connectivity index (χ0v) is 10.7. The summed E-state index contributed by atoms with van der Waals surface area (Å²) < 4.78 is 13.4. The third-order valence-corrected chi connectivity index (χ3v) is 3.04. The molecule has 18 heavy (non-hydrogen) atoms. The van der Waals surface area contributed by atoms with Crippen LogP contribution in [0.3, 0.4) is 0 Å². The number of rotatable bonds is 4. The van der Waals surface area contributed by atoms with Gasteiger partial charge in [-0.25, -0.2) is 14.4 Å². The first-order valence-corrected chi connectivity index (χ1v) is 5.95. The normalized spacial score (nSPS) is 12.4. The molecule has 0 aliphatic heterocycles. The number of likely N-dealkylation sites (N-methyl/N-ethyl adjacent to an activating group) is 1. The van der Waals surface area contributed by atoms with E-state index in [1.54, 1.807) is 12.3 Å². The van der Waals surface area contributed by atoms with Crippen molar-refractivity contribution >= 4 is 11.6 Å². The number of hydrogen-bond donors (Lipinski definition) is 1. The van der Waals surface area contributed by atoms with Crippen LogP contribution in [0.5, 0.6) is 0 Å². The zero-order chi connectivity index (χ0) is 13.0. The Morgan fingerprint density at radius 3 is 2.83 bits per heavy atom. The van der Waals surface area contributed by atoms with Crippen molar-refractivity contribution in [3.05, 3.63) is 58.9 Å². The average molecular weight is 266 g/mol. The van der Waals surface area contributed by atoms with E-state index in [2.05, 4.69) is 15.3 Å². The maximum atomic E-state index is 13.4. The van der Waals surface area contributed by atoms with Crippen molar-refractivity contribution in [2.75, 3.05) is 7.05 Å². The van der Waals surface area contributed by atoms with Crippen LogP contribution >= 0.6 is 11.6 Å². The van der Waals surface area contributed by atoms with Gasteiger partial charge in [0.1, 0.15) is 12.1 Å². The van der Waals surface area contributed by atoms with Gasteiger partial charge in [-0.1, -0.05) is 17.7 Å². The predicted molar refractivity (Wildman–Crippen MR) is 68.9 cm³/mol. The van der Waals surface area contributed by atoms with Crippen molar-refractivity contribution in [2.24, 2.45) is 0 Å². The van der Waals surface area contributed by atoms with E-state index < -0.39 is 5.82 Å². The van der Waals surface area contributed by atoms with Crippen molar-refractivity contribution in [1.29, 1.82) is 0 Å². The summed E-state index contributed by atoms with van der Waals surface area (Å²) in [7, 11) is 1.85. The number of hydrogen-bond acceptors (Lipinski definition) is 3. The summed E-state index contributed by atoms with van der Waals surface area (Å²) in [5.41, 5.74) is 1.75. The Labute approximate surface area is 110 Å². The van der Waals surface area contributed by atoms with Crippen molar-refractivity contribution in [3.63, 3.8) is 0 Å². The molecule has 0 aliphatic rings. The lowest BCUT2D eigenvalue weighted by Gasteiger charge is -2.15. The smallest absolute Gasteiger partial charge is 0.142 e. The number of halogens is 2. The van der Waals surface area contributed by atoms with Gasteiger partial charge in [-0.05, 0) is 37.2 Å². The summed E-state index contributed by atoms with van der Waals surface area (Å²) in [5, 5.41) is 3.30. The molecule has 94 valence electrons. The molecule has 0 radical (unpaired) electrons. The fourth-order valence-corrected chi connectivity index (χ4v) is 1.88. The van der Waals surface area contributed by atoms with Gasteiger partial charge in [-0.2, -0.15) is 0 Å². The van der Waals surface area contributed by atoms with E-state index in [-0.39, 0.29) is 11.1 Å². The van der Waals surface area contributed by atoms with Crippen LogP contribution in [0.25, 0.3) is 0 Å². The van der Waals surface area contributed by atoms with E-state index >= 15 is 0 Å². The van der Waals surface area contributed by atoms with Gasteiger partial charge in [0.25, 0.3) is 0 Å². The van der Waals surface area contributed by atoms with Crippen LogP contribution in [0.15, 0.2) is 36.8 Å². The monoisotopic (exact) mass is 265 g/mol. The molecule has 0 saturated heterocycles. The SMILES string of the molecule is CNC(Cc1ccc(Cl)c(F)c1)c1ccncn1. The highest BCUT2D eigenvalue weighted by molar-refractivity contribution is 6.30. The van der Waals surface area contributed by atoms with E-state index in [9.17, 15) is 4.39 Å². The molecule has 2 aromatic rings. The van der Waals surface area contributed by atoms with Gasteiger partial charge in [-0.15, -0.1) is 0 Å². The summed E-state index contributed by atoms with van der Waals surface area (Å²) >= 11 is 5.66. The molecule has 1 unspecified atom stereocenters. The highest BCUT2D eigenvalue weighted by atomic mass is 35.5. The van der Waals surface area contributed by atoms with Crippen LogP contribution in [0.4, 0.5) is 4.39 Å². The summed E-state index contributed by atoms with van der Waals surface area (Å²) in [6.45, 7) is 0. The standard InChI is InChI=1S/C13H13ClFN3/c1-16-13(12-4-5-17-8-18-12)7-9-2-3-10(14)11(15)6-9/h2-6,8,13,16H,7H2,1H3. The maximum absolute atomic E-state index is 13.4. The minimum atomic E-state index is -0.397. The Morgan fingerprint density at radius 2 is 2.22 bits per heavy atom. The molecule has 1 aromatic carbocycles. The molecule has 5 heteroatoms. The topological polar surface area (TPSA) is 37.8 Å². The van der Waals surface area contributed by atoms with Gasteiger partial charge in [0, 0.05) is 6.20 Å². The Kier molecular flexibility index (Phi) is 4.23. The third-order valence-electron chi connectivity index (χ3n) is 2.73. The second-order valence-corrected chi connectivity index (χ2v) is 4.34. The molecule has 0 spiro atoms. The number of nitrogens with zero attached hydrogens (tertiary/aromatic N) is 2. The first kappa shape index (κ1) is 12.9. The van der Waals surface area contributed by atoms with Crippen LogP contribution in [0.2, 0.25) is 5.02 Å². The van der Waals surface area contributed by atoms with E-state index in [1.165, 1.54) is 12.4 Å². The Bertz CT molecular complexity index is 519. The minimum absolute atomic E-state index is 0.0218. The zero-order valence-electron chi connectivity index (χ0n) is 9.90. The van der Waals surface area contributed by atoms with Crippen molar-refractivity contribution in [1.82, 2.24) is 15.3 Å². The Morgan fingerprint density at radius 1 is 1.39 bits per heavy atom. The Hall–Kier alpha value is -1.52. The molecule has 0 bridgehead atoms. The van der Waals surface area contributed by atoms with Gasteiger partial charge < -0.3 is 5.32 Å². The molecule has 1 N–H and O–H groups in total. The largest absolute Gasteiger partial charge is 0.311 e. The molecule has 0 aliphatic carbocycles. The summed E-state index contributed by atoms with van der Waals surface area (Å²) in [6, 6.07) is 6.70. The highest BCUT2D eigenvalue weighted by Crippen LogP contribution is 2.20. The summed E-state index contributed by atoms with van der Waals surface area (Å²) in [5.74, 6) is -0.397. The molecular formula is C13H13ClFN3. The molecule has 0 fully saturated rings. The van der Waals surface area contributed by atoms with Crippen molar-refractivity contribution in [2.45, 2.75) is 12.5 Å². The molecule has 0 saturated carbocycles. The third kappa shape index (κ3) is 3.03. The van der Waals surface area contributed by atoms with E-state index in [0.717, 1.165) is 11.3 Å². The van der Waals surface area contributed by atoms with Gasteiger partial charge in [0.2, 0.25) is 0 Å². The highest BCUT2D eigenvalue weighted by Gasteiger charge is 2.12. The molecular weight excluding hydrogens is 253 g/mol. The maximum Gasteiger partial charge on any atom is 0.142 e. The quantitative estimate of drug-likeness (QED) is 0.924. The number of aromatic nitrogens is 2. The molecule has 1 heterocycles. The lowest BCUT2D eigenvalue weighted by Crippen LogP contribution is -2.20. The van der Waals surface area contributed by atoms with E-state index in [4.69, 9.17) is 11.6 Å². The fourth-order valence-electron chi connectivity index (χ4n) is 1.76. The predicted octanol–water partition coefficient (Wildman–Crippen LogP) is 2.77. The Balaban J connectivity index is 2.18. The van der Waals surface area contributed by atoms with Crippen LogP contribution in [0.1, 0.15) is 17.3 Å². The first-order chi connectivity index (χ1) is 8.70. The van der Waals surface area contributed by atoms with Crippen LogP contribution in [-0.2, 0) is 6.42 Å². The second-order valence-electron chi connectivity index (χ2n) is 3.93. The van der Waals surface area contributed by atoms with Crippen LogP contribution < -0.4 is 5.32 Å². The molecule has 3 nitrogen and oxygen atoms in total. The average Bonchev–Trinajstić information content (AvgIpc) is 2.41. The van der Waals surface area contributed by atoms with Gasteiger partial charge in [0.15, 0.2) is 0 Å². The van der Waals surface area contributed by atoms with Crippen molar-refractivity contribution in [3.8, 4) is 0 Å². The van der Waals surface area contributed by atoms with Crippen molar-refractivity contribution < 1.29 is 4.39 Å². The van der Waals surface area contributed by atoms with Crippen LogP contribution in [0, 0.1) is 5.82 Å². The summed E-state index contributed by atoms with van der Waals surface area (Å²) in [6.07, 6.45) is 3.83. The van der Waals surface area contributed by atoms with E-state index in [0.29, 0.717) is 6.42 Å². The lowest BCUT2D eigenvalue weighted by molar-refractivity contribution is 0.569. The first-order valence-electron chi connectivity index (χ1n) is 5.58. The molecule has 2 rings (SSSR count). The number of nitrogens with one attached hydrogen (secondary N) is 1. The molecule has 1 atom stereocenters. The minimum Gasteiger partial charge on any atom is -0.311 e. The summed E-state index contributed by atoms with van der Waals surface area (Å²) in [4.78, 5) is 8.07. The fraction of sp³-hybridized carbons (Fsp3) is 0.231. The molecule has 0 amide bonds. The van der Waals surface area contributed by atoms with Gasteiger partial charge in [-0.3, -0.25) is 0 Å². The van der Waals surface area contributed by atoms with Gasteiger partial charge >= 0.3 is 0 Å². The van der Waals surface area contributed by atoms with E-state index in [1.807, 2.05) is 19.2 Å². The van der Waals surface area contributed by atoms with Gasteiger partial charge in [0.05, 0.1) is 16.8 Å². The molecule has 1 aromatic heterocycles. The number of benzene rings is 1.